The maximum Gasteiger partial charge on any atom is 0.451 e. The van der Waals surface area contributed by atoms with Gasteiger partial charge in [0.1, 0.15) is 23.1 Å². The molecule has 0 aromatic carbocycles. The third kappa shape index (κ3) is 3.57. The van der Waals surface area contributed by atoms with Gasteiger partial charge < -0.3 is 4.98 Å². The van der Waals surface area contributed by atoms with Crippen LogP contribution in [0.4, 0.5) is 13.2 Å². The first-order valence-electron chi connectivity index (χ1n) is 10.4. The zero-order chi connectivity index (χ0) is 24.0. The van der Waals surface area contributed by atoms with Crippen molar-refractivity contribution < 1.29 is 13.2 Å². The molecule has 1 N–H and O–H groups in total. The first kappa shape index (κ1) is 21.6. The summed E-state index contributed by atoms with van der Waals surface area (Å²) in [6.45, 7) is 1.64. The molecule has 0 saturated heterocycles. The van der Waals surface area contributed by atoms with Crippen LogP contribution in [-0.2, 0) is 6.18 Å². The van der Waals surface area contributed by atoms with Crippen LogP contribution in [0.5, 0.6) is 0 Å². The fourth-order valence-corrected chi connectivity index (χ4v) is 4.07. The largest absolute Gasteiger partial charge is 0.451 e. The number of nitriles is 1. The second-order valence-corrected chi connectivity index (χ2v) is 7.97. The highest BCUT2D eigenvalue weighted by Gasteiger charge is 2.38. The van der Waals surface area contributed by atoms with E-state index < -0.39 is 23.6 Å². The molecular formula is C21H16F3N9O. The van der Waals surface area contributed by atoms with E-state index in [1.807, 2.05) is 6.07 Å². The topological polar surface area (TPSA) is 139 Å². The van der Waals surface area contributed by atoms with Crippen LogP contribution < -0.4 is 5.56 Å². The van der Waals surface area contributed by atoms with Crippen LogP contribution in [0.2, 0.25) is 0 Å². The average Bonchev–Trinajstić information content (AvgIpc) is 3.17. The summed E-state index contributed by atoms with van der Waals surface area (Å²) in [6, 6.07) is 2.91. The van der Waals surface area contributed by atoms with Crippen molar-refractivity contribution >= 4 is 11.0 Å². The Kier molecular flexibility index (Phi) is 5.07. The molecule has 1 fully saturated rings. The van der Waals surface area contributed by atoms with Crippen molar-refractivity contribution in [2.45, 2.75) is 43.8 Å². The molecule has 0 unspecified atom stereocenters. The molecule has 0 spiro atoms. The Bertz CT molecular complexity index is 1460. The van der Waals surface area contributed by atoms with Crippen molar-refractivity contribution in [2.75, 3.05) is 0 Å². The number of nitrogens with zero attached hydrogens (tertiary/aromatic N) is 8. The van der Waals surface area contributed by atoms with Gasteiger partial charge in [-0.15, -0.1) is 0 Å². The quantitative estimate of drug-likeness (QED) is 0.483. The van der Waals surface area contributed by atoms with Gasteiger partial charge in [0.25, 0.3) is 5.56 Å². The third-order valence-electron chi connectivity index (χ3n) is 6.00. The zero-order valence-electron chi connectivity index (χ0n) is 17.7. The standard InChI is InChI=1S/C21H16F3N9O/c1-10(11-8-28-20(29-9-11)21(22,23)24)33-18-15(14(7-25)32-33)19(34)31-17(30-18)13-4-3-12(13)16-26-5-2-6-27-16/h2,5-6,8-10,12-13H,3-4H2,1H3,(H,30,31,34)/t10-,12+,13+/m1/s1. The fourth-order valence-electron chi connectivity index (χ4n) is 4.07. The van der Waals surface area contributed by atoms with E-state index >= 15 is 0 Å². The predicted octanol–water partition coefficient (Wildman–Crippen LogP) is 2.86. The molecule has 0 amide bonds. The van der Waals surface area contributed by atoms with Crippen LogP contribution >= 0.6 is 0 Å². The maximum atomic E-state index is 12.9. The second kappa shape index (κ2) is 7.98. The number of hydrogen-bond donors (Lipinski definition) is 1. The molecule has 0 bridgehead atoms. The average molecular weight is 467 g/mol. The minimum Gasteiger partial charge on any atom is -0.310 e. The summed E-state index contributed by atoms with van der Waals surface area (Å²) in [5.74, 6) is -0.333. The number of hydrogen-bond acceptors (Lipinski definition) is 8. The van der Waals surface area contributed by atoms with E-state index in [2.05, 4.69) is 35.0 Å². The Morgan fingerprint density at radius 3 is 2.41 bits per heavy atom. The Balaban J connectivity index is 1.57. The molecule has 10 nitrogen and oxygen atoms in total. The van der Waals surface area contributed by atoms with Crippen molar-refractivity contribution in [2.24, 2.45) is 0 Å². The van der Waals surface area contributed by atoms with Gasteiger partial charge in [-0.05, 0) is 25.8 Å². The van der Waals surface area contributed by atoms with E-state index in [1.54, 1.807) is 25.4 Å². The number of aromatic amines is 1. The van der Waals surface area contributed by atoms with E-state index in [9.17, 15) is 23.2 Å². The van der Waals surface area contributed by atoms with Gasteiger partial charge in [0.2, 0.25) is 5.82 Å². The number of rotatable bonds is 4. The van der Waals surface area contributed by atoms with Crippen LogP contribution in [0.15, 0.2) is 35.6 Å². The van der Waals surface area contributed by atoms with E-state index in [1.165, 1.54) is 4.68 Å². The lowest BCUT2D eigenvalue weighted by Gasteiger charge is -2.34. The number of fused-ring (bicyclic) bond motifs is 1. The zero-order valence-corrected chi connectivity index (χ0v) is 17.7. The summed E-state index contributed by atoms with van der Waals surface area (Å²) in [6.07, 6.45) is 2.32. The first-order chi connectivity index (χ1) is 16.3. The van der Waals surface area contributed by atoms with Gasteiger partial charge in [0.15, 0.2) is 11.3 Å². The van der Waals surface area contributed by atoms with Crippen LogP contribution in [0.25, 0.3) is 11.0 Å². The van der Waals surface area contributed by atoms with Crippen molar-refractivity contribution in [3.8, 4) is 6.07 Å². The third-order valence-corrected chi connectivity index (χ3v) is 6.00. The molecule has 4 aromatic rings. The van der Waals surface area contributed by atoms with Crippen molar-refractivity contribution in [3.05, 3.63) is 69.9 Å². The van der Waals surface area contributed by atoms with Gasteiger partial charge in [0.05, 0.1) is 6.04 Å². The minimum atomic E-state index is -4.67. The number of aromatic nitrogens is 8. The molecule has 5 rings (SSSR count). The van der Waals surface area contributed by atoms with Crippen molar-refractivity contribution in [1.82, 2.24) is 39.7 Å². The summed E-state index contributed by atoms with van der Waals surface area (Å²) < 4.78 is 39.8. The van der Waals surface area contributed by atoms with E-state index in [0.717, 1.165) is 25.2 Å². The van der Waals surface area contributed by atoms with Gasteiger partial charge in [-0.3, -0.25) is 4.79 Å². The summed E-state index contributed by atoms with van der Waals surface area (Å²) >= 11 is 0. The lowest BCUT2D eigenvalue weighted by Crippen LogP contribution is -2.28. The molecule has 4 aromatic heterocycles. The van der Waals surface area contributed by atoms with Crippen LogP contribution in [-0.4, -0.2) is 39.7 Å². The summed E-state index contributed by atoms with van der Waals surface area (Å²) in [4.78, 5) is 35.7. The van der Waals surface area contributed by atoms with Gasteiger partial charge in [0, 0.05) is 42.2 Å². The number of nitrogens with one attached hydrogen (secondary N) is 1. The van der Waals surface area contributed by atoms with E-state index in [4.69, 9.17) is 0 Å². The molecular weight excluding hydrogens is 451 g/mol. The molecule has 0 aliphatic heterocycles. The molecule has 34 heavy (non-hydrogen) atoms. The summed E-state index contributed by atoms with van der Waals surface area (Å²) in [5, 5.41) is 13.7. The van der Waals surface area contributed by atoms with E-state index in [-0.39, 0.29) is 28.6 Å². The monoisotopic (exact) mass is 467 g/mol. The molecule has 3 atom stereocenters. The van der Waals surface area contributed by atoms with Crippen molar-refractivity contribution in [3.63, 3.8) is 0 Å². The van der Waals surface area contributed by atoms with E-state index in [0.29, 0.717) is 17.2 Å². The van der Waals surface area contributed by atoms with Gasteiger partial charge in [-0.25, -0.2) is 29.6 Å². The summed E-state index contributed by atoms with van der Waals surface area (Å²) in [5.41, 5.74) is -0.183. The molecule has 1 aliphatic rings. The normalized spacial score (nSPS) is 18.9. The SMILES string of the molecule is C[C@H](c1cnc(C(F)(F)F)nc1)n1nc(C#N)c2c(=O)[nH]c([C@H]3CC[C@@H]3c3ncccn3)nc21. The highest BCUT2D eigenvalue weighted by molar-refractivity contribution is 5.80. The number of alkyl halides is 3. The first-order valence-corrected chi connectivity index (χ1v) is 10.4. The Hall–Kier alpha value is -4.21. The number of halogens is 3. The predicted molar refractivity (Wildman–Crippen MR) is 110 cm³/mol. The van der Waals surface area contributed by atoms with Crippen LogP contribution in [0, 0.1) is 11.3 Å². The molecule has 4 heterocycles. The maximum absolute atomic E-state index is 12.9. The van der Waals surface area contributed by atoms with Gasteiger partial charge in [-0.2, -0.15) is 23.5 Å². The smallest absolute Gasteiger partial charge is 0.310 e. The second-order valence-electron chi connectivity index (χ2n) is 7.97. The lowest BCUT2D eigenvalue weighted by molar-refractivity contribution is -0.145. The number of H-pyrrole nitrogens is 1. The molecule has 13 heteroatoms. The molecule has 0 radical (unpaired) electrons. The molecule has 1 saturated carbocycles. The Morgan fingerprint density at radius 1 is 1.15 bits per heavy atom. The lowest BCUT2D eigenvalue weighted by atomic mass is 9.72. The minimum absolute atomic E-state index is 0.0118. The molecule has 172 valence electrons. The van der Waals surface area contributed by atoms with Gasteiger partial charge >= 0.3 is 6.18 Å². The van der Waals surface area contributed by atoms with Crippen molar-refractivity contribution in [1.29, 1.82) is 5.26 Å². The fraction of sp³-hybridized carbons (Fsp3) is 0.333. The Morgan fingerprint density at radius 2 is 1.82 bits per heavy atom. The molecule has 1 aliphatic carbocycles. The van der Waals surface area contributed by atoms with Crippen LogP contribution in [0.3, 0.4) is 0 Å². The summed E-state index contributed by atoms with van der Waals surface area (Å²) in [7, 11) is 0. The van der Waals surface area contributed by atoms with Crippen LogP contribution in [0.1, 0.15) is 66.4 Å². The highest BCUT2D eigenvalue weighted by Crippen LogP contribution is 2.46. The Labute approximate surface area is 189 Å². The highest BCUT2D eigenvalue weighted by atomic mass is 19.4. The van der Waals surface area contributed by atoms with Gasteiger partial charge in [-0.1, -0.05) is 0 Å².